The lowest BCUT2D eigenvalue weighted by molar-refractivity contribution is 0.0670. The summed E-state index contributed by atoms with van der Waals surface area (Å²) < 4.78 is 13.9. The maximum atomic E-state index is 13.2. The van der Waals surface area contributed by atoms with Gasteiger partial charge >= 0.3 is 0 Å². The number of amides is 1. The highest BCUT2D eigenvalue weighted by Gasteiger charge is 2.24. The minimum Gasteiger partial charge on any atom is -0.338 e. The van der Waals surface area contributed by atoms with E-state index in [1.807, 2.05) is 4.90 Å². The van der Waals surface area contributed by atoms with E-state index in [0.717, 1.165) is 25.9 Å². The van der Waals surface area contributed by atoms with Gasteiger partial charge in [-0.3, -0.25) is 4.79 Å². The quantitative estimate of drug-likeness (QED) is 0.812. The van der Waals surface area contributed by atoms with Crippen molar-refractivity contribution in [1.29, 1.82) is 0 Å². The van der Waals surface area contributed by atoms with Crippen LogP contribution in [0.15, 0.2) is 22.7 Å². The van der Waals surface area contributed by atoms with E-state index in [0.29, 0.717) is 16.0 Å². The Morgan fingerprint density at radius 3 is 3.06 bits per heavy atom. The monoisotopic (exact) mass is 313 g/mol. The number of hydrogen-bond acceptors (Lipinski definition) is 1. The first-order chi connectivity index (χ1) is 8.61. The molecule has 0 saturated carbocycles. The second kappa shape index (κ2) is 5.83. The zero-order chi connectivity index (χ0) is 13.1. The van der Waals surface area contributed by atoms with Crippen LogP contribution in [-0.4, -0.2) is 23.9 Å². The molecule has 1 heterocycles. The van der Waals surface area contributed by atoms with Crippen LogP contribution in [0.5, 0.6) is 0 Å². The number of nitrogens with zero attached hydrogens (tertiary/aromatic N) is 1. The molecule has 0 spiro atoms. The second-order valence-electron chi connectivity index (χ2n) is 4.79. The molecular weight excluding hydrogens is 297 g/mol. The number of hydrogen-bond donors (Lipinski definition) is 0. The number of benzene rings is 1. The second-order valence-corrected chi connectivity index (χ2v) is 5.65. The summed E-state index contributed by atoms with van der Waals surface area (Å²) in [6.07, 6.45) is 3.32. The van der Waals surface area contributed by atoms with Crippen molar-refractivity contribution in [3.8, 4) is 0 Å². The van der Waals surface area contributed by atoms with Gasteiger partial charge < -0.3 is 4.90 Å². The topological polar surface area (TPSA) is 20.3 Å². The van der Waals surface area contributed by atoms with Crippen molar-refractivity contribution in [3.63, 3.8) is 0 Å². The molecule has 0 radical (unpaired) electrons. The first-order valence-electron chi connectivity index (χ1n) is 6.36. The molecule has 0 aliphatic carbocycles. The number of carbonyl (C=O) groups is 1. The lowest BCUT2D eigenvalue weighted by Gasteiger charge is -2.32. The highest BCUT2D eigenvalue weighted by Crippen LogP contribution is 2.24. The summed E-state index contributed by atoms with van der Waals surface area (Å²) in [5.41, 5.74) is 0.423. The molecule has 98 valence electrons. The number of halogens is 2. The lowest BCUT2D eigenvalue weighted by atomic mass is 9.95. The maximum absolute atomic E-state index is 13.2. The standard InChI is InChI=1S/C14H17BrFNO/c1-2-10-4-3-7-17(9-10)14(18)12-8-11(16)5-6-13(12)15/h5-6,8,10H,2-4,7,9H2,1H3. The first-order valence-corrected chi connectivity index (χ1v) is 7.15. The molecule has 1 atom stereocenters. The van der Waals surface area contributed by atoms with E-state index in [-0.39, 0.29) is 11.7 Å². The fraction of sp³-hybridized carbons (Fsp3) is 0.500. The van der Waals surface area contributed by atoms with Crippen LogP contribution in [0.3, 0.4) is 0 Å². The number of likely N-dealkylation sites (tertiary alicyclic amines) is 1. The molecule has 0 N–H and O–H groups in total. The molecule has 1 aromatic rings. The van der Waals surface area contributed by atoms with E-state index in [1.165, 1.54) is 18.6 Å². The Balaban J connectivity index is 2.17. The third-order valence-electron chi connectivity index (χ3n) is 3.54. The van der Waals surface area contributed by atoms with Crippen molar-refractivity contribution in [3.05, 3.63) is 34.1 Å². The lowest BCUT2D eigenvalue weighted by Crippen LogP contribution is -2.39. The van der Waals surface area contributed by atoms with Crippen molar-refractivity contribution < 1.29 is 9.18 Å². The van der Waals surface area contributed by atoms with Crippen molar-refractivity contribution in [2.75, 3.05) is 13.1 Å². The van der Waals surface area contributed by atoms with Gasteiger partial charge in [-0.1, -0.05) is 13.3 Å². The summed E-state index contributed by atoms with van der Waals surface area (Å²) in [6, 6.07) is 4.25. The molecular formula is C14H17BrFNO. The predicted octanol–water partition coefficient (Wildman–Crippen LogP) is 3.85. The summed E-state index contributed by atoms with van der Waals surface area (Å²) >= 11 is 3.32. The van der Waals surface area contributed by atoms with Gasteiger partial charge in [0.15, 0.2) is 0 Å². The first kappa shape index (κ1) is 13.5. The molecule has 1 amide bonds. The van der Waals surface area contributed by atoms with E-state index in [4.69, 9.17) is 0 Å². The van der Waals surface area contributed by atoms with Crippen LogP contribution in [0.25, 0.3) is 0 Å². The average molecular weight is 314 g/mol. The summed E-state index contributed by atoms with van der Waals surface area (Å²) in [5, 5.41) is 0. The average Bonchev–Trinajstić information content (AvgIpc) is 2.41. The van der Waals surface area contributed by atoms with E-state index in [9.17, 15) is 9.18 Å². The van der Waals surface area contributed by atoms with Gasteiger partial charge in [-0.25, -0.2) is 4.39 Å². The van der Waals surface area contributed by atoms with E-state index in [2.05, 4.69) is 22.9 Å². The van der Waals surface area contributed by atoms with Crippen molar-refractivity contribution in [2.24, 2.45) is 5.92 Å². The Hall–Kier alpha value is -0.900. The molecule has 2 rings (SSSR count). The van der Waals surface area contributed by atoms with Crippen molar-refractivity contribution in [2.45, 2.75) is 26.2 Å². The van der Waals surface area contributed by atoms with E-state index >= 15 is 0 Å². The normalized spacial score (nSPS) is 19.9. The molecule has 0 bridgehead atoms. The van der Waals surface area contributed by atoms with Crippen molar-refractivity contribution in [1.82, 2.24) is 4.90 Å². The van der Waals surface area contributed by atoms with Crippen LogP contribution in [0.2, 0.25) is 0 Å². The molecule has 1 saturated heterocycles. The Labute approximate surface area is 115 Å². The fourth-order valence-electron chi connectivity index (χ4n) is 2.41. The number of rotatable bonds is 2. The SMILES string of the molecule is CCC1CCCN(C(=O)c2cc(F)ccc2Br)C1. The van der Waals surface area contributed by atoms with Crippen LogP contribution in [0.1, 0.15) is 36.5 Å². The molecule has 1 aliphatic rings. The van der Waals surface area contributed by atoms with Gasteiger partial charge in [-0.05, 0) is 52.9 Å². The van der Waals surface area contributed by atoms with Gasteiger partial charge in [-0.15, -0.1) is 0 Å². The third kappa shape index (κ3) is 2.91. The van der Waals surface area contributed by atoms with Crippen LogP contribution in [0.4, 0.5) is 4.39 Å². The van der Waals surface area contributed by atoms with Gasteiger partial charge in [0.05, 0.1) is 5.56 Å². The molecule has 1 aromatic carbocycles. The molecule has 18 heavy (non-hydrogen) atoms. The number of carbonyl (C=O) groups excluding carboxylic acids is 1. The van der Waals surface area contributed by atoms with Crippen LogP contribution in [-0.2, 0) is 0 Å². The van der Waals surface area contributed by atoms with Gasteiger partial charge in [0, 0.05) is 17.6 Å². The summed E-state index contributed by atoms with van der Waals surface area (Å²) in [7, 11) is 0. The summed E-state index contributed by atoms with van der Waals surface area (Å²) in [4.78, 5) is 14.2. The molecule has 1 aliphatic heterocycles. The minimum absolute atomic E-state index is 0.0699. The van der Waals surface area contributed by atoms with Crippen LogP contribution >= 0.6 is 15.9 Å². The minimum atomic E-state index is -0.370. The van der Waals surface area contributed by atoms with Gasteiger partial charge in [0.25, 0.3) is 5.91 Å². The maximum Gasteiger partial charge on any atom is 0.255 e. The van der Waals surface area contributed by atoms with E-state index in [1.54, 1.807) is 6.07 Å². The van der Waals surface area contributed by atoms with E-state index < -0.39 is 0 Å². The van der Waals surface area contributed by atoms with Crippen LogP contribution < -0.4 is 0 Å². The van der Waals surface area contributed by atoms with Crippen LogP contribution in [0, 0.1) is 11.7 Å². The van der Waals surface area contributed by atoms with Crippen molar-refractivity contribution >= 4 is 21.8 Å². The molecule has 0 aromatic heterocycles. The Bertz CT molecular complexity index is 449. The largest absolute Gasteiger partial charge is 0.338 e. The number of piperidine rings is 1. The van der Waals surface area contributed by atoms with Gasteiger partial charge in [0.1, 0.15) is 5.82 Å². The molecule has 4 heteroatoms. The highest BCUT2D eigenvalue weighted by atomic mass is 79.9. The predicted molar refractivity (Wildman–Crippen MR) is 73.0 cm³/mol. The molecule has 2 nitrogen and oxygen atoms in total. The zero-order valence-electron chi connectivity index (χ0n) is 10.5. The molecule has 1 fully saturated rings. The Morgan fingerprint density at radius 1 is 1.56 bits per heavy atom. The fourth-order valence-corrected chi connectivity index (χ4v) is 2.83. The van der Waals surface area contributed by atoms with Gasteiger partial charge in [0.2, 0.25) is 0 Å². The Morgan fingerprint density at radius 2 is 2.33 bits per heavy atom. The zero-order valence-corrected chi connectivity index (χ0v) is 12.0. The molecule has 1 unspecified atom stereocenters. The summed E-state index contributed by atoms with van der Waals surface area (Å²) in [5.74, 6) is 0.139. The third-order valence-corrected chi connectivity index (χ3v) is 4.23. The smallest absolute Gasteiger partial charge is 0.255 e. The van der Waals surface area contributed by atoms with Gasteiger partial charge in [-0.2, -0.15) is 0 Å². The Kier molecular flexibility index (Phi) is 4.38. The summed E-state index contributed by atoms with van der Waals surface area (Å²) in [6.45, 7) is 3.72. The highest BCUT2D eigenvalue weighted by molar-refractivity contribution is 9.10.